The van der Waals surface area contributed by atoms with E-state index in [1.807, 2.05) is 6.92 Å². The molecule has 0 saturated carbocycles. The highest BCUT2D eigenvalue weighted by Crippen LogP contribution is 2.16. The van der Waals surface area contributed by atoms with Gasteiger partial charge in [0.25, 0.3) is 0 Å². The summed E-state index contributed by atoms with van der Waals surface area (Å²) in [5, 5.41) is 19.6. The molecule has 0 unspecified atom stereocenters. The first-order valence-corrected chi connectivity index (χ1v) is 6.92. The third-order valence-corrected chi connectivity index (χ3v) is 3.79. The van der Waals surface area contributed by atoms with Gasteiger partial charge in [-0.15, -0.1) is 0 Å². The summed E-state index contributed by atoms with van der Waals surface area (Å²) in [4.78, 5) is 23.0. The SMILES string of the molecule is Cc1c(Br)cnn1CCC(=O)Nc1cnn(C)c1C(=O)O. The number of carboxylic acids is 1. The molecule has 0 radical (unpaired) electrons. The molecule has 0 aliphatic heterocycles. The number of carboxylic acid groups (broad SMARTS) is 1. The lowest BCUT2D eigenvalue weighted by Gasteiger charge is -2.06. The number of hydrogen-bond donors (Lipinski definition) is 2. The minimum atomic E-state index is -1.14. The molecule has 2 N–H and O–H groups in total. The summed E-state index contributed by atoms with van der Waals surface area (Å²) in [5.41, 5.74) is 1.06. The van der Waals surface area contributed by atoms with Gasteiger partial charge in [0.2, 0.25) is 5.91 Å². The molecule has 2 rings (SSSR count). The molecule has 0 aliphatic carbocycles. The molecule has 9 heteroatoms. The number of rotatable bonds is 5. The van der Waals surface area contributed by atoms with E-state index in [4.69, 9.17) is 5.11 Å². The van der Waals surface area contributed by atoms with Crippen LogP contribution in [0.2, 0.25) is 0 Å². The second kappa shape index (κ2) is 6.08. The number of nitrogens with one attached hydrogen (secondary N) is 1. The molecule has 2 aromatic heterocycles. The van der Waals surface area contributed by atoms with Crippen molar-refractivity contribution in [2.45, 2.75) is 19.9 Å². The molecule has 112 valence electrons. The Hall–Kier alpha value is -2.16. The van der Waals surface area contributed by atoms with Crippen LogP contribution in [0.5, 0.6) is 0 Å². The molecular weight excluding hydrogens is 342 g/mol. The number of aryl methyl sites for hydroxylation is 2. The van der Waals surface area contributed by atoms with Crippen molar-refractivity contribution in [3.05, 3.63) is 28.3 Å². The summed E-state index contributed by atoms with van der Waals surface area (Å²) in [7, 11) is 1.50. The van der Waals surface area contributed by atoms with Crippen molar-refractivity contribution in [3.63, 3.8) is 0 Å². The largest absolute Gasteiger partial charge is 0.476 e. The van der Waals surface area contributed by atoms with Crippen LogP contribution in [0, 0.1) is 6.92 Å². The van der Waals surface area contributed by atoms with Crippen molar-refractivity contribution < 1.29 is 14.7 Å². The zero-order chi connectivity index (χ0) is 15.6. The molecule has 0 bridgehead atoms. The minimum absolute atomic E-state index is 0.0543. The Morgan fingerprint density at radius 1 is 1.38 bits per heavy atom. The van der Waals surface area contributed by atoms with E-state index in [1.54, 1.807) is 10.9 Å². The number of hydrogen-bond acceptors (Lipinski definition) is 4. The van der Waals surface area contributed by atoms with Gasteiger partial charge in [-0.3, -0.25) is 14.2 Å². The smallest absolute Gasteiger partial charge is 0.356 e. The number of carbonyl (C=O) groups excluding carboxylic acids is 1. The summed E-state index contributed by atoms with van der Waals surface area (Å²) in [5.74, 6) is -1.44. The third-order valence-electron chi connectivity index (χ3n) is 3.01. The van der Waals surface area contributed by atoms with Crippen LogP contribution < -0.4 is 5.32 Å². The van der Waals surface area contributed by atoms with Gasteiger partial charge in [-0.05, 0) is 22.9 Å². The number of halogens is 1. The lowest BCUT2D eigenvalue weighted by molar-refractivity contribution is -0.116. The van der Waals surface area contributed by atoms with Crippen LogP contribution in [0.1, 0.15) is 22.6 Å². The highest BCUT2D eigenvalue weighted by atomic mass is 79.9. The summed E-state index contributed by atoms with van der Waals surface area (Å²) in [6, 6.07) is 0. The Morgan fingerprint density at radius 2 is 2.10 bits per heavy atom. The van der Waals surface area contributed by atoms with Gasteiger partial charge >= 0.3 is 5.97 Å². The van der Waals surface area contributed by atoms with Crippen LogP contribution in [-0.4, -0.2) is 36.5 Å². The first kappa shape index (κ1) is 15.2. The van der Waals surface area contributed by atoms with Crippen molar-refractivity contribution in [2.75, 3.05) is 5.32 Å². The van der Waals surface area contributed by atoms with Gasteiger partial charge in [0.15, 0.2) is 5.69 Å². The highest BCUT2D eigenvalue weighted by molar-refractivity contribution is 9.10. The predicted molar refractivity (Wildman–Crippen MR) is 78.1 cm³/mol. The number of aromatic carboxylic acids is 1. The zero-order valence-electron chi connectivity index (χ0n) is 11.5. The molecule has 2 aromatic rings. The Balaban J connectivity index is 1.99. The number of carbonyl (C=O) groups is 2. The molecule has 0 atom stereocenters. The van der Waals surface area contributed by atoms with E-state index in [9.17, 15) is 9.59 Å². The number of aromatic nitrogens is 4. The summed E-state index contributed by atoms with van der Waals surface area (Å²) >= 11 is 3.34. The van der Waals surface area contributed by atoms with Crippen molar-refractivity contribution >= 4 is 33.5 Å². The normalized spacial score (nSPS) is 10.6. The molecule has 21 heavy (non-hydrogen) atoms. The lowest BCUT2D eigenvalue weighted by Crippen LogP contribution is -2.17. The van der Waals surface area contributed by atoms with E-state index in [1.165, 1.54) is 17.9 Å². The van der Waals surface area contributed by atoms with Crippen LogP contribution in [0.3, 0.4) is 0 Å². The second-order valence-corrected chi connectivity index (χ2v) is 5.29. The Morgan fingerprint density at radius 3 is 2.67 bits per heavy atom. The molecule has 8 nitrogen and oxygen atoms in total. The monoisotopic (exact) mass is 355 g/mol. The standard InChI is InChI=1S/C12H14BrN5O3/c1-7-8(13)5-15-18(7)4-3-10(19)16-9-6-14-17(2)11(9)12(20)21/h5-6H,3-4H2,1-2H3,(H,16,19)(H,20,21). The van der Waals surface area contributed by atoms with Gasteiger partial charge in [0, 0.05) is 19.2 Å². The fraction of sp³-hybridized carbons (Fsp3) is 0.333. The summed E-state index contributed by atoms with van der Waals surface area (Å²) in [6.45, 7) is 2.30. The molecule has 0 spiro atoms. The van der Waals surface area contributed by atoms with Gasteiger partial charge < -0.3 is 10.4 Å². The van der Waals surface area contributed by atoms with E-state index in [2.05, 4.69) is 31.4 Å². The van der Waals surface area contributed by atoms with E-state index in [-0.39, 0.29) is 23.7 Å². The molecular formula is C12H14BrN5O3. The topological polar surface area (TPSA) is 102 Å². The predicted octanol–water partition coefficient (Wildman–Crippen LogP) is 1.41. The van der Waals surface area contributed by atoms with Crippen molar-refractivity contribution in [1.29, 1.82) is 0 Å². The first-order valence-electron chi connectivity index (χ1n) is 6.13. The molecule has 2 heterocycles. The fourth-order valence-corrected chi connectivity index (χ4v) is 2.15. The molecule has 0 saturated heterocycles. The maximum absolute atomic E-state index is 11.9. The second-order valence-electron chi connectivity index (χ2n) is 4.43. The number of amides is 1. The quantitative estimate of drug-likeness (QED) is 0.844. The van der Waals surface area contributed by atoms with Gasteiger partial charge in [-0.1, -0.05) is 0 Å². The van der Waals surface area contributed by atoms with Gasteiger partial charge in [-0.25, -0.2) is 4.79 Å². The van der Waals surface area contributed by atoms with Crippen molar-refractivity contribution in [1.82, 2.24) is 19.6 Å². The van der Waals surface area contributed by atoms with Crippen LogP contribution >= 0.6 is 15.9 Å². The molecule has 0 fully saturated rings. The fourth-order valence-electron chi connectivity index (χ4n) is 1.85. The third kappa shape index (κ3) is 3.30. The molecule has 0 aromatic carbocycles. The number of nitrogens with zero attached hydrogens (tertiary/aromatic N) is 4. The maximum atomic E-state index is 11.9. The highest BCUT2D eigenvalue weighted by Gasteiger charge is 2.17. The van der Waals surface area contributed by atoms with Gasteiger partial charge in [0.1, 0.15) is 0 Å². The Labute approximate surface area is 128 Å². The van der Waals surface area contributed by atoms with E-state index in [0.29, 0.717) is 6.54 Å². The maximum Gasteiger partial charge on any atom is 0.356 e. The van der Waals surface area contributed by atoms with Gasteiger partial charge in [0.05, 0.1) is 29.1 Å². The van der Waals surface area contributed by atoms with Crippen LogP contribution in [0.4, 0.5) is 5.69 Å². The van der Waals surface area contributed by atoms with E-state index < -0.39 is 5.97 Å². The zero-order valence-corrected chi connectivity index (χ0v) is 13.1. The Kier molecular flexibility index (Phi) is 4.41. The van der Waals surface area contributed by atoms with Crippen molar-refractivity contribution in [3.8, 4) is 0 Å². The summed E-state index contributed by atoms with van der Waals surface area (Å²) < 4.78 is 3.78. The molecule has 1 amide bonds. The number of anilines is 1. The van der Waals surface area contributed by atoms with E-state index in [0.717, 1.165) is 10.2 Å². The average Bonchev–Trinajstić information content (AvgIpc) is 2.92. The molecule has 0 aliphatic rings. The van der Waals surface area contributed by atoms with Crippen LogP contribution in [-0.2, 0) is 18.4 Å². The van der Waals surface area contributed by atoms with Crippen molar-refractivity contribution in [2.24, 2.45) is 7.05 Å². The lowest BCUT2D eigenvalue weighted by atomic mass is 10.3. The Bertz CT molecular complexity index is 691. The average molecular weight is 356 g/mol. The van der Waals surface area contributed by atoms with Crippen LogP contribution in [0.25, 0.3) is 0 Å². The summed E-state index contributed by atoms with van der Waals surface area (Å²) in [6.07, 6.45) is 3.16. The van der Waals surface area contributed by atoms with E-state index >= 15 is 0 Å². The first-order chi connectivity index (χ1) is 9.90. The van der Waals surface area contributed by atoms with Gasteiger partial charge in [-0.2, -0.15) is 10.2 Å². The minimum Gasteiger partial charge on any atom is -0.476 e. The van der Waals surface area contributed by atoms with Crippen LogP contribution in [0.15, 0.2) is 16.9 Å².